The Kier molecular flexibility index (Phi) is 2.46. The van der Waals surface area contributed by atoms with Crippen LogP contribution in [-0.4, -0.2) is 26.7 Å². The fourth-order valence-corrected chi connectivity index (χ4v) is 3.31. The first-order valence-electron chi connectivity index (χ1n) is 5.71. The second-order valence-electron chi connectivity index (χ2n) is 4.34. The van der Waals surface area contributed by atoms with Crippen LogP contribution in [0.1, 0.15) is 5.56 Å². The molecular weight excluding hydrogens is 266 g/mol. The van der Waals surface area contributed by atoms with Gasteiger partial charge >= 0.3 is 0 Å². The molecular formula is C12H11N3O3S. The molecule has 2 heterocycles. The fraction of sp³-hybridized carbons (Fsp3) is 0.167. The highest BCUT2D eigenvalue weighted by molar-refractivity contribution is 7.95. The van der Waals surface area contributed by atoms with Crippen LogP contribution < -0.4 is 10.6 Å². The molecule has 2 N–H and O–H groups in total. The smallest absolute Gasteiger partial charge is 0.289 e. The Bertz CT molecular complexity index is 734. The van der Waals surface area contributed by atoms with E-state index in [0.717, 1.165) is 17.3 Å². The van der Waals surface area contributed by atoms with E-state index in [1.165, 1.54) is 4.90 Å². The Morgan fingerprint density at radius 2 is 2.05 bits per heavy atom. The van der Waals surface area contributed by atoms with Gasteiger partial charge in [0.25, 0.3) is 15.9 Å². The van der Waals surface area contributed by atoms with Crippen molar-refractivity contribution in [3.8, 4) is 0 Å². The summed E-state index contributed by atoms with van der Waals surface area (Å²) < 4.78 is 26.7. The van der Waals surface area contributed by atoms with Crippen molar-refractivity contribution in [2.24, 2.45) is 10.1 Å². The van der Waals surface area contributed by atoms with Crippen molar-refractivity contribution in [3.05, 3.63) is 40.8 Å². The first kappa shape index (κ1) is 11.9. The number of amides is 1. The average molecular weight is 277 g/mol. The van der Waals surface area contributed by atoms with E-state index in [1.54, 1.807) is 6.07 Å². The van der Waals surface area contributed by atoms with Gasteiger partial charge in [-0.15, -0.1) is 4.40 Å². The predicted molar refractivity (Wildman–Crippen MR) is 71.1 cm³/mol. The number of benzene rings is 1. The summed E-state index contributed by atoms with van der Waals surface area (Å²) in [5.74, 6) is -0.731. The van der Waals surface area contributed by atoms with Crippen LogP contribution in [-0.2, 0) is 21.2 Å². The molecule has 98 valence electrons. The van der Waals surface area contributed by atoms with Crippen LogP contribution in [0.3, 0.4) is 0 Å². The Morgan fingerprint density at radius 3 is 2.74 bits per heavy atom. The van der Waals surface area contributed by atoms with Gasteiger partial charge in [-0.25, -0.2) is 0 Å². The first-order chi connectivity index (χ1) is 8.99. The lowest BCUT2D eigenvalue weighted by Gasteiger charge is -2.16. The van der Waals surface area contributed by atoms with Crippen LogP contribution in [0.25, 0.3) is 0 Å². The lowest BCUT2D eigenvalue weighted by molar-refractivity contribution is -0.114. The topological polar surface area (TPSA) is 92.8 Å². The molecule has 6 nitrogen and oxygen atoms in total. The molecule has 0 fully saturated rings. The number of amidine groups is 1. The minimum atomic E-state index is -3.94. The van der Waals surface area contributed by atoms with Crippen LogP contribution in [0.5, 0.6) is 0 Å². The maximum Gasteiger partial charge on any atom is 0.289 e. The number of anilines is 1. The summed E-state index contributed by atoms with van der Waals surface area (Å²) in [7, 11) is -3.94. The van der Waals surface area contributed by atoms with E-state index in [0.29, 0.717) is 13.0 Å². The normalized spacial score (nSPS) is 19.9. The number of carbonyl (C=O) groups excluding carboxylic acids is 1. The van der Waals surface area contributed by atoms with Gasteiger partial charge in [-0.2, -0.15) is 8.42 Å². The molecule has 19 heavy (non-hydrogen) atoms. The molecule has 0 unspecified atom stereocenters. The third-order valence-electron chi connectivity index (χ3n) is 3.13. The van der Waals surface area contributed by atoms with E-state index in [9.17, 15) is 13.2 Å². The number of carbonyl (C=O) groups is 1. The molecule has 0 spiro atoms. The van der Waals surface area contributed by atoms with Gasteiger partial charge in [-0.3, -0.25) is 4.79 Å². The minimum absolute atomic E-state index is 0.157. The van der Waals surface area contributed by atoms with Gasteiger partial charge in [-0.05, 0) is 18.1 Å². The monoisotopic (exact) mass is 277 g/mol. The van der Waals surface area contributed by atoms with Crippen LogP contribution >= 0.6 is 0 Å². The summed E-state index contributed by atoms with van der Waals surface area (Å²) in [6, 6.07) is 7.42. The highest BCUT2D eigenvalue weighted by Crippen LogP contribution is 2.30. The maximum atomic E-state index is 12.3. The van der Waals surface area contributed by atoms with Crippen molar-refractivity contribution in [3.63, 3.8) is 0 Å². The van der Waals surface area contributed by atoms with Crippen molar-refractivity contribution in [1.82, 2.24) is 0 Å². The highest BCUT2D eigenvalue weighted by atomic mass is 32.2. The van der Waals surface area contributed by atoms with Crippen molar-refractivity contribution in [1.29, 1.82) is 0 Å². The third-order valence-corrected chi connectivity index (χ3v) is 4.43. The van der Waals surface area contributed by atoms with Crippen molar-refractivity contribution in [2.75, 3.05) is 11.4 Å². The number of hydrogen-bond acceptors (Lipinski definition) is 4. The molecule has 0 atom stereocenters. The summed E-state index contributed by atoms with van der Waals surface area (Å²) in [6.07, 6.45) is 1.82. The molecule has 3 rings (SSSR count). The van der Waals surface area contributed by atoms with Gasteiger partial charge < -0.3 is 10.6 Å². The lowest BCUT2D eigenvalue weighted by atomic mass is 10.2. The number of hydrogen-bond donors (Lipinski definition) is 1. The van der Waals surface area contributed by atoms with E-state index in [2.05, 4.69) is 4.40 Å². The molecule has 0 aliphatic carbocycles. The van der Waals surface area contributed by atoms with Gasteiger partial charge in [0, 0.05) is 18.3 Å². The Hall–Kier alpha value is -2.15. The molecule has 0 aromatic heterocycles. The number of para-hydroxylation sites is 1. The summed E-state index contributed by atoms with van der Waals surface area (Å²) in [5.41, 5.74) is 7.13. The minimum Gasteiger partial charge on any atom is -0.383 e. The van der Waals surface area contributed by atoms with Crippen molar-refractivity contribution < 1.29 is 13.2 Å². The van der Waals surface area contributed by atoms with Gasteiger partial charge in [0.2, 0.25) is 0 Å². The lowest BCUT2D eigenvalue weighted by Crippen LogP contribution is -2.31. The summed E-state index contributed by atoms with van der Waals surface area (Å²) >= 11 is 0. The Labute approximate surface area is 110 Å². The summed E-state index contributed by atoms with van der Waals surface area (Å²) in [5, 5.41) is 0. The van der Waals surface area contributed by atoms with Crippen molar-refractivity contribution in [2.45, 2.75) is 6.42 Å². The zero-order chi connectivity index (χ0) is 13.6. The van der Waals surface area contributed by atoms with E-state index >= 15 is 0 Å². The van der Waals surface area contributed by atoms with Gasteiger partial charge in [0.15, 0.2) is 4.91 Å². The maximum absolute atomic E-state index is 12.3. The SMILES string of the molecule is NC1=NS(=O)(=O)C(C(=O)N2CCc3ccccc32)=C1. The second-order valence-corrected chi connectivity index (χ2v) is 5.91. The van der Waals surface area contributed by atoms with Crippen molar-refractivity contribution >= 4 is 27.5 Å². The molecule has 1 amide bonds. The molecule has 1 aromatic carbocycles. The third kappa shape index (κ3) is 1.82. The molecule has 0 radical (unpaired) electrons. The van der Waals surface area contributed by atoms with Crippen LogP contribution in [0, 0.1) is 0 Å². The van der Waals surface area contributed by atoms with E-state index in [1.807, 2.05) is 18.2 Å². The second kappa shape index (κ2) is 3.92. The quantitative estimate of drug-likeness (QED) is 0.791. The Morgan fingerprint density at radius 1 is 1.32 bits per heavy atom. The van der Waals surface area contributed by atoms with E-state index < -0.39 is 15.9 Å². The summed E-state index contributed by atoms with van der Waals surface area (Å²) in [6.45, 7) is 0.463. The van der Waals surface area contributed by atoms with Crippen LogP contribution in [0.2, 0.25) is 0 Å². The molecule has 2 aliphatic heterocycles. The highest BCUT2D eigenvalue weighted by Gasteiger charge is 2.35. The number of rotatable bonds is 1. The first-order valence-corrected chi connectivity index (χ1v) is 7.15. The predicted octanol–water partition coefficient (Wildman–Crippen LogP) is 0.160. The van der Waals surface area contributed by atoms with Crippen LogP contribution in [0.4, 0.5) is 5.69 Å². The molecule has 0 saturated heterocycles. The van der Waals surface area contributed by atoms with Gasteiger partial charge in [0.05, 0.1) is 0 Å². The van der Waals surface area contributed by atoms with Gasteiger partial charge in [0.1, 0.15) is 5.84 Å². The Balaban J connectivity index is 1.99. The van der Waals surface area contributed by atoms with E-state index in [4.69, 9.17) is 5.73 Å². The molecule has 0 saturated carbocycles. The fourth-order valence-electron chi connectivity index (χ4n) is 2.28. The number of fused-ring (bicyclic) bond motifs is 1. The number of nitrogens with two attached hydrogens (primary N) is 1. The van der Waals surface area contributed by atoms with Crippen LogP contribution in [0.15, 0.2) is 39.6 Å². The summed E-state index contributed by atoms with van der Waals surface area (Å²) in [4.78, 5) is 13.4. The standard InChI is InChI=1S/C12H11N3O3S/c13-11-7-10(19(17,18)14-11)12(16)15-6-5-8-3-1-2-4-9(8)15/h1-4,7H,5-6H2,(H2,13,14). The zero-order valence-electron chi connectivity index (χ0n) is 9.91. The van der Waals surface area contributed by atoms with Gasteiger partial charge in [-0.1, -0.05) is 18.2 Å². The average Bonchev–Trinajstić information content (AvgIpc) is 2.89. The molecule has 1 aromatic rings. The number of sulfonamides is 1. The number of nitrogens with zero attached hydrogens (tertiary/aromatic N) is 2. The zero-order valence-corrected chi connectivity index (χ0v) is 10.7. The largest absolute Gasteiger partial charge is 0.383 e. The molecule has 2 aliphatic rings. The molecule has 7 heteroatoms. The molecule has 0 bridgehead atoms. The van der Waals surface area contributed by atoms with E-state index in [-0.39, 0.29) is 10.7 Å².